The van der Waals surface area contributed by atoms with Crippen LogP contribution in [-0.2, 0) is 47.4 Å². The van der Waals surface area contributed by atoms with E-state index in [1.165, 1.54) is 116 Å². The van der Waals surface area contributed by atoms with Gasteiger partial charge in [-0.1, -0.05) is 129 Å². The second-order valence-electron chi connectivity index (χ2n) is 13.5. The van der Waals surface area contributed by atoms with Gasteiger partial charge in [0.15, 0.2) is 0 Å². The number of hydrogen-bond donors (Lipinski definition) is 0. The van der Waals surface area contributed by atoms with E-state index in [0.717, 1.165) is 26.1 Å². The lowest BCUT2D eigenvalue weighted by atomic mass is 10.1. The molecule has 0 aromatic heterocycles. The van der Waals surface area contributed by atoms with Gasteiger partial charge >= 0.3 is 0 Å². The number of rotatable bonds is 49. The molecular formula is C42H86O10. The molecule has 52 heavy (non-hydrogen) atoms. The second kappa shape index (κ2) is 50.6. The van der Waals surface area contributed by atoms with E-state index in [4.69, 9.17) is 47.4 Å². The normalized spacial score (nSPS) is 11.7. The maximum atomic E-state index is 5.66. The number of ether oxygens (including phenoxy) is 10. The summed E-state index contributed by atoms with van der Waals surface area (Å²) in [4.78, 5) is 0. The molecule has 0 spiro atoms. The molecule has 314 valence electrons. The Morgan fingerprint density at radius 3 is 0.462 bits per heavy atom. The molecule has 0 rings (SSSR count). The highest BCUT2D eigenvalue weighted by atomic mass is 16.6. The Bertz CT molecular complexity index is 551. The molecule has 0 atom stereocenters. The zero-order chi connectivity index (χ0) is 37.4. The fraction of sp³-hybridized carbons (Fsp3) is 1.00. The van der Waals surface area contributed by atoms with Crippen LogP contribution in [0.15, 0.2) is 0 Å². The standard InChI is InChI=1S/C42H86O10/c1-3-5-7-9-11-13-15-17-19-21-23-43-25-27-45-29-31-47-33-35-49-37-39-51-41-42-52-40-38-50-36-34-48-32-30-46-28-26-44-24-22-20-18-16-14-12-10-8-6-4-2/h3-42H2,1-2H3. The first-order valence-electron chi connectivity index (χ1n) is 21.7. The minimum absolute atomic E-state index is 0.535. The molecule has 10 nitrogen and oxygen atoms in total. The molecule has 10 heteroatoms. The number of hydrogen-bond acceptors (Lipinski definition) is 10. The van der Waals surface area contributed by atoms with Gasteiger partial charge < -0.3 is 47.4 Å². The summed E-state index contributed by atoms with van der Waals surface area (Å²) in [6.07, 6.45) is 26.9. The lowest BCUT2D eigenvalue weighted by molar-refractivity contribution is -0.0264. The third kappa shape index (κ3) is 49.6. The van der Waals surface area contributed by atoms with Gasteiger partial charge in [0.2, 0.25) is 0 Å². The number of unbranched alkanes of at least 4 members (excludes halogenated alkanes) is 18. The quantitative estimate of drug-likeness (QED) is 0.0561. The molecule has 0 unspecified atom stereocenters. The van der Waals surface area contributed by atoms with Crippen LogP contribution < -0.4 is 0 Å². The first kappa shape index (κ1) is 51.6. The summed E-state index contributed by atoms with van der Waals surface area (Å²) in [5.41, 5.74) is 0. The second-order valence-corrected chi connectivity index (χ2v) is 13.5. The van der Waals surface area contributed by atoms with Crippen molar-refractivity contribution in [2.45, 2.75) is 142 Å². The van der Waals surface area contributed by atoms with Crippen molar-refractivity contribution in [3.8, 4) is 0 Å². The average molecular weight is 751 g/mol. The van der Waals surface area contributed by atoms with Gasteiger partial charge in [-0.05, 0) is 12.8 Å². The topological polar surface area (TPSA) is 92.3 Å². The van der Waals surface area contributed by atoms with E-state index in [0.29, 0.717) is 119 Å². The maximum Gasteiger partial charge on any atom is 0.0701 e. The largest absolute Gasteiger partial charge is 0.379 e. The molecule has 0 fully saturated rings. The van der Waals surface area contributed by atoms with E-state index >= 15 is 0 Å². The van der Waals surface area contributed by atoms with E-state index in [1.54, 1.807) is 0 Å². The van der Waals surface area contributed by atoms with Crippen LogP contribution >= 0.6 is 0 Å². The van der Waals surface area contributed by atoms with Gasteiger partial charge in [-0.25, -0.2) is 0 Å². The molecule has 0 aromatic rings. The van der Waals surface area contributed by atoms with Crippen LogP contribution in [-0.4, -0.2) is 132 Å². The Balaban J connectivity index is 3.04. The third-order valence-electron chi connectivity index (χ3n) is 8.63. The van der Waals surface area contributed by atoms with Crippen LogP contribution in [0.3, 0.4) is 0 Å². The van der Waals surface area contributed by atoms with Crippen LogP contribution in [0.2, 0.25) is 0 Å². The van der Waals surface area contributed by atoms with Crippen molar-refractivity contribution in [2.24, 2.45) is 0 Å². The molecule has 0 radical (unpaired) electrons. The molecule has 0 amide bonds. The van der Waals surface area contributed by atoms with Crippen molar-refractivity contribution in [1.29, 1.82) is 0 Å². The first-order chi connectivity index (χ1) is 25.9. The Morgan fingerprint density at radius 1 is 0.154 bits per heavy atom. The minimum Gasteiger partial charge on any atom is -0.379 e. The van der Waals surface area contributed by atoms with Gasteiger partial charge in [-0.3, -0.25) is 0 Å². The molecule has 0 aromatic carbocycles. The highest BCUT2D eigenvalue weighted by Gasteiger charge is 1.98. The van der Waals surface area contributed by atoms with E-state index < -0.39 is 0 Å². The molecule has 0 saturated carbocycles. The lowest BCUT2D eigenvalue weighted by Crippen LogP contribution is -2.15. The van der Waals surface area contributed by atoms with Crippen LogP contribution in [0.25, 0.3) is 0 Å². The van der Waals surface area contributed by atoms with Crippen molar-refractivity contribution >= 4 is 0 Å². The summed E-state index contributed by atoms with van der Waals surface area (Å²) in [7, 11) is 0. The molecule has 0 aliphatic heterocycles. The van der Waals surface area contributed by atoms with Crippen molar-refractivity contribution in [2.75, 3.05) is 132 Å². The SMILES string of the molecule is CCCCCCCCCCCCOCCOCCOCCOCCOCCOCCOCCOCCOCCOCCCCCCCCCCCC. The predicted molar refractivity (Wildman–Crippen MR) is 212 cm³/mol. The lowest BCUT2D eigenvalue weighted by Gasteiger charge is -2.09. The van der Waals surface area contributed by atoms with Crippen LogP contribution in [0.5, 0.6) is 0 Å². The highest BCUT2D eigenvalue weighted by Crippen LogP contribution is 2.11. The van der Waals surface area contributed by atoms with Crippen LogP contribution in [0.4, 0.5) is 0 Å². The molecule has 0 heterocycles. The minimum atomic E-state index is 0.535. The average Bonchev–Trinajstić information content (AvgIpc) is 3.16. The first-order valence-corrected chi connectivity index (χ1v) is 21.7. The fourth-order valence-corrected chi connectivity index (χ4v) is 5.46. The van der Waals surface area contributed by atoms with Crippen LogP contribution in [0, 0.1) is 0 Å². The van der Waals surface area contributed by atoms with Gasteiger partial charge in [-0.2, -0.15) is 0 Å². The summed E-state index contributed by atoms with van der Waals surface area (Å²) in [6.45, 7) is 16.5. The van der Waals surface area contributed by atoms with Crippen LogP contribution in [0.1, 0.15) is 142 Å². The Morgan fingerprint density at radius 2 is 0.288 bits per heavy atom. The summed E-state index contributed by atoms with van der Waals surface area (Å²) in [5.74, 6) is 0. The van der Waals surface area contributed by atoms with Gasteiger partial charge in [0.05, 0.1) is 119 Å². The Hall–Kier alpha value is -0.400. The fourth-order valence-electron chi connectivity index (χ4n) is 5.46. The van der Waals surface area contributed by atoms with Crippen molar-refractivity contribution < 1.29 is 47.4 Å². The van der Waals surface area contributed by atoms with E-state index in [-0.39, 0.29) is 0 Å². The summed E-state index contributed by atoms with van der Waals surface area (Å²) in [5, 5.41) is 0. The van der Waals surface area contributed by atoms with Gasteiger partial charge in [0.1, 0.15) is 0 Å². The van der Waals surface area contributed by atoms with Gasteiger partial charge in [0, 0.05) is 13.2 Å². The molecule has 0 N–H and O–H groups in total. The smallest absolute Gasteiger partial charge is 0.0701 e. The molecular weight excluding hydrogens is 664 g/mol. The third-order valence-corrected chi connectivity index (χ3v) is 8.63. The summed E-state index contributed by atoms with van der Waals surface area (Å²) in [6, 6.07) is 0. The summed E-state index contributed by atoms with van der Waals surface area (Å²) >= 11 is 0. The predicted octanol–water partition coefficient (Wildman–Crippen LogP) is 8.99. The van der Waals surface area contributed by atoms with Gasteiger partial charge in [-0.15, -0.1) is 0 Å². The zero-order valence-electron chi connectivity index (χ0n) is 34.4. The monoisotopic (exact) mass is 751 g/mol. The Kier molecular flexibility index (Phi) is 50.2. The molecule has 0 bridgehead atoms. The van der Waals surface area contributed by atoms with Crippen molar-refractivity contribution in [3.63, 3.8) is 0 Å². The molecule has 0 aliphatic rings. The highest BCUT2D eigenvalue weighted by molar-refractivity contribution is 4.49. The Labute approximate surface area is 321 Å². The molecule has 0 aliphatic carbocycles. The summed E-state index contributed by atoms with van der Waals surface area (Å²) < 4.78 is 55.6. The van der Waals surface area contributed by atoms with E-state index in [2.05, 4.69) is 13.8 Å². The van der Waals surface area contributed by atoms with E-state index in [9.17, 15) is 0 Å². The van der Waals surface area contributed by atoms with Gasteiger partial charge in [0.25, 0.3) is 0 Å². The van der Waals surface area contributed by atoms with Crippen molar-refractivity contribution in [1.82, 2.24) is 0 Å². The van der Waals surface area contributed by atoms with E-state index in [1.807, 2.05) is 0 Å². The molecule has 0 saturated heterocycles. The zero-order valence-corrected chi connectivity index (χ0v) is 34.4. The maximum absolute atomic E-state index is 5.66. The van der Waals surface area contributed by atoms with Crippen molar-refractivity contribution in [3.05, 3.63) is 0 Å².